The number of benzene rings is 1. The fraction of sp³-hybridized carbons (Fsp3) is 0.625. The molecular formula is C16H24N2O2S. The monoisotopic (exact) mass is 308 g/mol. The summed E-state index contributed by atoms with van der Waals surface area (Å²) in [5.74, 6) is 1.29. The van der Waals surface area contributed by atoms with E-state index in [-0.39, 0.29) is 6.04 Å². The quantitative estimate of drug-likeness (QED) is 0.845. The Morgan fingerprint density at radius 1 is 1.14 bits per heavy atom. The highest BCUT2D eigenvalue weighted by Crippen LogP contribution is 2.44. The van der Waals surface area contributed by atoms with E-state index in [2.05, 4.69) is 4.72 Å². The van der Waals surface area contributed by atoms with Crippen LogP contribution in [0.15, 0.2) is 29.2 Å². The van der Waals surface area contributed by atoms with Crippen LogP contribution in [-0.4, -0.2) is 21.0 Å². The third-order valence-electron chi connectivity index (χ3n) is 4.95. The van der Waals surface area contributed by atoms with E-state index < -0.39 is 10.0 Å². The molecule has 3 rings (SSSR count). The Morgan fingerprint density at radius 3 is 2.48 bits per heavy atom. The van der Waals surface area contributed by atoms with Gasteiger partial charge < -0.3 is 5.73 Å². The zero-order valence-corrected chi connectivity index (χ0v) is 13.1. The molecule has 2 aliphatic carbocycles. The number of nitrogens with two attached hydrogens (primary N) is 1. The van der Waals surface area contributed by atoms with Gasteiger partial charge in [-0.15, -0.1) is 0 Å². The van der Waals surface area contributed by atoms with Gasteiger partial charge in [-0.3, -0.25) is 0 Å². The standard InChI is InChI=1S/C16H24N2O2S/c17-9-1-2-12-4-7-15(8-5-12)21(19,20)18-16-11-13-3-6-14(16)10-13/h4-5,7-8,13-14,16,18H,1-3,6,9-11,17H2. The Bertz CT molecular complexity index is 583. The molecule has 1 aromatic rings. The van der Waals surface area contributed by atoms with Crippen LogP contribution < -0.4 is 10.5 Å². The van der Waals surface area contributed by atoms with Crippen LogP contribution in [0.4, 0.5) is 0 Å². The number of fused-ring (bicyclic) bond motifs is 2. The fourth-order valence-corrected chi connectivity index (χ4v) is 5.12. The number of sulfonamides is 1. The molecule has 0 aliphatic heterocycles. The summed E-state index contributed by atoms with van der Waals surface area (Å²) in [7, 11) is -3.38. The molecule has 3 N–H and O–H groups in total. The van der Waals surface area contributed by atoms with E-state index in [4.69, 9.17) is 5.73 Å². The van der Waals surface area contributed by atoms with Crippen molar-refractivity contribution < 1.29 is 8.42 Å². The minimum absolute atomic E-state index is 0.144. The lowest BCUT2D eigenvalue weighted by Crippen LogP contribution is -2.38. The first kappa shape index (κ1) is 15.0. The zero-order valence-electron chi connectivity index (χ0n) is 12.3. The van der Waals surface area contributed by atoms with Crippen molar-refractivity contribution in [3.05, 3.63) is 29.8 Å². The third kappa shape index (κ3) is 3.30. The summed E-state index contributed by atoms with van der Waals surface area (Å²) in [5, 5.41) is 0. The second-order valence-corrected chi connectivity index (χ2v) is 8.15. The molecule has 5 heteroatoms. The summed E-state index contributed by atoms with van der Waals surface area (Å²) >= 11 is 0. The average Bonchev–Trinajstić information content (AvgIpc) is 3.07. The molecule has 0 saturated heterocycles. The Morgan fingerprint density at radius 2 is 1.90 bits per heavy atom. The predicted octanol–water partition coefficient (Wildman–Crippen LogP) is 2.04. The van der Waals surface area contributed by atoms with Gasteiger partial charge in [0.2, 0.25) is 10.0 Å². The van der Waals surface area contributed by atoms with Crippen LogP contribution in [0.1, 0.15) is 37.7 Å². The van der Waals surface area contributed by atoms with Crippen molar-refractivity contribution >= 4 is 10.0 Å². The number of rotatable bonds is 6. The van der Waals surface area contributed by atoms with E-state index in [1.54, 1.807) is 12.1 Å². The molecule has 3 unspecified atom stereocenters. The Balaban J connectivity index is 1.67. The highest BCUT2D eigenvalue weighted by molar-refractivity contribution is 7.89. The van der Waals surface area contributed by atoms with Gasteiger partial charge in [0.25, 0.3) is 0 Å². The van der Waals surface area contributed by atoms with Crippen LogP contribution in [0.2, 0.25) is 0 Å². The zero-order chi connectivity index (χ0) is 14.9. The largest absolute Gasteiger partial charge is 0.330 e. The minimum atomic E-state index is -3.38. The van der Waals surface area contributed by atoms with Crippen LogP contribution in [-0.2, 0) is 16.4 Å². The Labute approximate surface area is 127 Å². The topological polar surface area (TPSA) is 72.2 Å². The van der Waals surface area contributed by atoms with Crippen molar-refractivity contribution in [1.82, 2.24) is 4.72 Å². The summed E-state index contributed by atoms with van der Waals surface area (Å²) in [6.07, 6.45) is 6.49. The van der Waals surface area contributed by atoms with E-state index in [0.29, 0.717) is 17.4 Å². The molecule has 0 radical (unpaired) electrons. The first-order valence-corrected chi connectivity index (χ1v) is 9.38. The lowest BCUT2D eigenvalue weighted by molar-refractivity contribution is 0.390. The molecule has 0 spiro atoms. The van der Waals surface area contributed by atoms with Crippen LogP contribution in [0.5, 0.6) is 0 Å². The molecule has 0 aromatic heterocycles. The summed E-state index contributed by atoms with van der Waals surface area (Å²) < 4.78 is 27.8. The van der Waals surface area contributed by atoms with Crippen LogP contribution in [0.25, 0.3) is 0 Å². The van der Waals surface area contributed by atoms with Crippen molar-refractivity contribution in [3.63, 3.8) is 0 Å². The van der Waals surface area contributed by atoms with Crippen LogP contribution in [0, 0.1) is 11.8 Å². The summed E-state index contributed by atoms with van der Waals surface area (Å²) in [6, 6.07) is 7.35. The van der Waals surface area contributed by atoms with Crippen molar-refractivity contribution in [2.24, 2.45) is 17.6 Å². The predicted molar refractivity (Wildman–Crippen MR) is 83.4 cm³/mol. The maximum absolute atomic E-state index is 12.5. The van der Waals surface area contributed by atoms with Gasteiger partial charge in [0, 0.05) is 6.04 Å². The molecule has 2 aliphatic rings. The molecule has 2 fully saturated rings. The van der Waals surface area contributed by atoms with Crippen LogP contribution in [0.3, 0.4) is 0 Å². The van der Waals surface area contributed by atoms with E-state index >= 15 is 0 Å². The second kappa shape index (κ2) is 6.07. The SMILES string of the molecule is NCCCc1ccc(S(=O)(=O)NC2CC3CCC2C3)cc1. The lowest BCUT2D eigenvalue weighted by atomic mass is 9.96. The lowest BCUT2D eigenvalue weighted by Gasteiger charge is -2.22. The molecule has 3 atom stereocenters. The van der Waals surface area contributed by atoms with Gasteiger partial charge in [0.1, 0.15) is 0 Å². The first-order valence-electron chi connectivity index (χ1n) is 7.90. The highest BCUT2D eigenvalue weighted by Gasteiger charge is 2.41. The fourth-order valence-electron chi connectivity index (χ4n) is 3.80. The maximum Gasteiger partial charge on any atom is 0.240 e. The van der Waals surface area contributed by atoms with E-state index in [1.807, 2.05) is 12.1 Å². The van der Waals surface area contributed by atoms with Gasteiger partial charge in [-0.2, -0.15) is 0 Å². The first-order chi connectivity index (χ1) is 10.1. The molecule has 1 aromatic carbocycles. The van der Waals surface area contributed by atoms with Gasteiger partial charge in [-0.05, 0) is 68.2 Å². The normalized spacial score (nSPS) is 28.1. The van der Waals surface area contributed by atoms with Crippen molar-refractivity contribution in [2.75, 3.05) is 6.54 Å². The van der Waals surface area contributed by atoms with Gasteiger partial charge in [0.05, 0.1) is 4.90 Å². The van der Waals surface area contributed by atoms with Gasteiger partial charge in [-0.25, -0.2) is 13.1 Å². The molecule has 21 heavy (non-hydrogen) atoms. The Kier molecular flexibility index (Phi) is 4.33. The van der Waals surface area contributed by atoms with Crippen LogP contribution >= 0.6 is 0 Å². The van der Waals surface area contributed by atoms with Crippen molar-refractivity contribution in [3.8, 4) is 0 Å². The third-order valence-corrected chi connectivity index (χ3v) is 6.45. The average molecular weight is 308 g/mol. The summed E-state index contributed by atoms with van der Waals surface area (Å²) in [6.45, 7) is 0.659. The number of hydrogen-bond acceptors (Lipinski definition) is 3. The second-order valence-electron chi connectivity index (χ2n) is 6.44. The number of nitrogens with one attached hydrogen (secondary N) is 1. The molecule has 116 valence electrons. The van der Waals surface area contributed by atoms with Crippen molar-refractivity contribution in [2.45, 2.75) is 49.5 Å². The Hall–Kier alpha value is -0.910. The summed E-state index contributed by atoms with van der Waals surface area (Å²) in [4.78, 5) is 0.377. The van der Waals surface area contributed by atoms with Gasteiger partial charge >= 0.3 is 0 Å². The highest BCUT2D eigenvalue weighted by atomic mass is 32.2. The number of aryl methyl sites for hydroxylation is 1. The molecule has 0 heterocycles. The molecule has 0 amide bonds. The molecule has 2 saturated carbocycles. The van der Waals surface area contributed by atoms with E-state index in [0.717, 1.165) is 30.7 Å². The minimum Gasteiger partial charge on any atom is -0.330 e. The van der Waals surface area contributed by atoms with E-state index in [1.165, 1.54) is 19.3 Å². The summed E-state index contributed by atoms with van der Waals surface area (Å²) in [5.41, 5.74) is 6.63. The van der Waals surface area contributed by atoms with E-state index in [9.17, 15) is 8.42 Å². The molecule has 4 nitrogen and oxygen atoms in total. The number of hydrogen-bond donors (Lipinski definition) is 2. The maximum atomic E-state index is 12.5. The van der Waals surface area contributed by atoms with Gasteiger partial charge in [-0.1, -0.05) is 18.6 Å². The molecule has 2 bridgehead atoms. The van der Waals surface area contributed by atoms with Gasteiger partial charge in [0.15, 0.2) is 0 Å². The smallest absolute Gasteiger partial charge is 0.240 e. The van der Waals surface area contributed by atoms with Crippen molar-refractivity contribution in [1.29, 1.82) is 0 Å². The molecular weight excluding hydrogens is 284 g/mol.